The Bertz CT molecular complexity index is 314. The minimum atomic E-state index is 0.111. The molecule has 0 unspecified atom stereocenters. The Kier molecular flexibility index (Phi) is 4.49. The van der Waals surface area contributed by atoms with Crippen LogP contribution in [0.3, 0.4) is 0 Å². The molecule has 0 saturated carbocycles. The summed E-state index contributed by atoms with van der Waals surface area (Å²) >= 11 is 0. The molecular formula is C11H21N5. The molecule has 16 heavy (non-hydrogen) atoms. The van der Waals surface area contributed by atoms with Crippen LogP contribution in [-0.2, 0) is 0 Å². The minimum absolute atomic E-state index is 0.111. The molecule has 1 aromatic heterocycles. The lowest BCUT2D eigenvalue weighted by molar-refractivity contribution is 0.419. The van der Waals surface area contributed by atoms with Gasteiger partial charge in [0.15, 0.2) is 0 Å². The van der Waals surface area contributed by atoms with Gasteiger partial charge < -0.3 is 5.32 Å². The summed E-state index contributed by atoms with van der Waals surface area (Å²) in [7, 11) is 0. The highest BCUT2D eigenvalue weighted by Crippen LogP contribution is 2.24. The summed E-state index contributed by atoms with van der Waals surface area (Å²) < 4.78 is 0. The van der Waals surface area contributed by atoms with Crippen molar-refractivity contribution in [3.8, 4) is 0 Å². The summed E-state index contributed by atoms with van der Waals surface area (Å²) in [4.78, 5) is 8.24. The third-order valence-electron chi connectivity index (χ3n) is 3.21. The van der Waals surface area contributed by atoms with E-state index in [1.54, 1.807) is 6.20 Å². The van der Waals surface area contributed by atoms with E-state index in [4.69, 9.17) is 5.84 Å². The van der Waals surface area contributed by atoms with Crippen LogP contribution in [-0.4, -0.2) is 15.5 Å². The highest BCUT2D eigenvalue weighted by atomic mass is 15.3. The Morgan fingerprint density at radius 2 is 1.88 bits per heavy atom. The zero-order chi connectivity index (χ0) is 12.0. The molecule has 0 amide bonds. The molecule has 0 aromatic carbocycles. The SMILES string of the molecule is CCC(CC)(CC)Nc1ccnc(NN)n1. The predicted molar refractivity (Wildman–Crippen MR) is 67.1 cm³/mol. The Balaban J connectivity index is 2.84. The standard InChI is InChI=1S/C11H21N5/c1-4-11(5-2,6-3)15-9-7-8-13-10(14-9)16-12/h7-8H,4-6,12H2,1-3H3,(H2,13,14,15,16). The van der Waals surface area contributed by atoms with E-state index in [9.17, 15) is 0 Å². The van der Waals surface area contributed by atoms with E-state index in [0.29, 0.717) is 5.95 Å². The molecule has 0 bridgehead atoms. The van der Waals surface area contributed by atoms with Crippen molar-refractivity contribution in [2.75, 3.05) is 10.7 Å². The van der Waals surface area contributed by atoms with Gasteiger partial charge in [0.25, 0.3) is 0 Å². The van der Waals surface area contributed by atoms with Crippen LogP contribution in [0.5, 0.6) is 0 Å². The van der Waals surface area contributed by atoms with Gasteiger partial charge in [0.1, 0.15) is 5.82 Å². The van der Waals surface area contributed by atoms with E-state index in [0.717, 1.165) is 25.1 Å². The fraction of sp³-hybridized carbons (Fsp3) is 0.636. The summed E-state index contributed by atoms with van der Waals surface area (Å²) in [6.07, 6.45) is 4.89. The van der Waals surface area contributed by atoms with Crippen molar-refractivity contribution in [3.63, 3.8) is 0 Å². The molecule has 1 aromatic rings. The molecule has 1 heterocycles. The van der Waals surface area contributed by atoms with Gasteiger partial charge in [0.2, 0.25) is 5.95 Å². The number of nitrogens with one attached hydrogen (secondary N) is 2. The van der Waals surface area contributed by atoms with Crippen LogP contribution in [0.25, 0.3) is 0 Å². The Labute approximate surface area is 96.8 Å². The fourth-order valence-electron chi connectivity index (χ4n) is 1.78. The van der Waals surface area contributed by atoms with Gasteiger partial charge in [0.05, 0.1) is 0 Å². The molecule has 0 atom stereocenters. The predicted octanol–water partition coefficient (Wildman–Crippen LogP) is 2.14. The maximum Gasteiger partial charge on any atom is 0.239 e. The van der Waals surface area contributed by atoms with E-state index in [1.807, 2.05) is 6.07 Å². The van der Waals surface area contributed by atoms with Crippen LogP contribution in [0.1, 0.15) is 40.0 Å². The molecule has 0 radical (unpaired) electrons. The summed E-state index contributed by atoms with van der Waals surface area (Å²) in [5.41, 5.74) is 2.56. The first kappa shape index (κ1) is 12.7. The average Bonchev–Trinajstić information content (AvgIpc) is 2.36. The monoisotopic (exact) mass is 223 g/mol. The van der Waals surface area contributed by atoms with E-state index in [2.05, 4.69) is 41.5 Å². The lowest BCUT2D eigenvalue weighted by Crippen LogP contribution is -2.36. The summed E-state index contributed by atoms with van der Waals surface area (Å²) in [5, 5.41) is 3.47. The largest absolute Gasteiger partial charge is 0.365 e. The molecule has 5 heteroatoms. The second-order valence-electron chi connectivity index (χ2n) is 3.88. The van der Waals surface area contributed by atoms with Gasteiger partial charge in [-0.2, -0.15) is 4.98 Å². The van der Waals surface area contributed by atoms with Crippen LogP contribution in [0.4, 0.5) is 11.8 Å². The number of anilines is 2. The molecule has 0 aliphatic rings. The maximum absolute atomic E-state index is 5.28. The second kappa shape index (κ2) is 5.65. The van der Waals surface area contributed by atoms with Crippen molar-refractivity contribution in [1.82, 2.24) is 9.97 Å². The van der Waals surface area contributed by atoms with E-state index < -0.39 is 0 Å². The van der Waals surface area contributed by atoms with Crippen molar-refractivity contribution in [2.45, 2.75) is 45.6 Å². The molecule has 4 N–H and O–H groups in total. The Morgan fingerprint density at radius 3 is 2.38 bits per heavy atom. The first-order chi connectivity index (χ1) is 7.69. The van der Waals surface area contributed by atoms with Gasteiger partial charge in [0, 0.05) is 11.7 Å². The lowest BCUT2D eigenvalue weighted by atomic mass is 9.90. The highest BCUT2D eigenvalue weighted by Gasteiger charge is 2.23. The summed E-state index contributed by atoms with van der Waals surface area (Å²) in [5.74, 6) is 6.52. The average molecular weight is 223 g/mol. The molecule has 0 fully saturated rings. The summed E-state index contributed by atoms with van der Waals surface area (Å²) in [6.45, 7) is 6.55. The maximum atomic E-state index is 5.28. The van der Waals surface area contributed by atoms with Crippen LogP contribution in [0.15, 0.2) is 12.3 Å². The van der Waals surface area contributed by atoms with Crippen LogP contribution in [0, 0.1) is 0 Å². The molecule has 0 spiro atoms. The minimum Gasteiger partial charge on any atom is -0.365 e. The number of hydrogen-bond acceptors (Lipinski definition) is 5. The molecule has 1 rings (SSSR count). The lowest BCUT2D eigenvalue weighted by Gasteiger charge is -2.32. The van der Waals surface area contributed by atoms with Gasteiger partial charge in [-0.05, 0) is 25.3 Å². The van der Waals surface area contributed by atoms with Crippen molar-refractivity contribution in [2.24, 2.45) is 5.84 Å². The van der Waals surface area contributed by atoms with Crippen LogP contribution >= 0.6 is 0 Å². The first-order valence-electron chi connectivity index (χ1n) is 5.77. The topological polar surface area (TPSA) is 75.9 Å². The first-order valence-corrected chi connectivity index (χ1v) is 5.77. The number of hydrogen-bond donors (Lipinski definition) is 3. The smallest absolute Gasteiger partial charge is 0.239 e. The number of nitrogen functional groups attached to an aromatic ring is 1. The Morgan fingerprint density at radius 1 is 1.25 bits per heavy atom. The van der Waals surface area contributed by atoms with Gasteiger partial charge in [-0.3, -0.25) is 5.43 Å². The van der Waals surface area contributed by atoms with Crippen molar-refractivity contribution < 1.29 is 0 Å². The number of nitrogens with two attached hydrogens (primary N) is 1. The van der Waals surface area contributed by atoms with Gasteiger partial charge in [-0.15, -0.1) is 0 Å². The molecule has 0 saturated heterocycles. The molecule has 90 valence electrons. The number of aromatic nitrogens is 2. The number of rotatable bonds is 6. The number of hydrazine groups is 1. The fourth-order valence-corrected chi connectivity index (χ4v) is 1.78. The van der Waals surface area contributed by atoms with Gasteiger partial charge in [-0.1, -0.05) is 20.8 Å². The third kappa shape index (κ3) is 2.82. The van der Waals surface area contributed by atoms with Crippen molar-refractivity contribution in [3.05, 3.63) is 12.3 Å². The third-order valence-corrected chi connectivity index (χ3v) is 3.21. The molecular weight excluding hydrogens is 202 g/mol. The van der Waals surface area contributed by atoms with Crippen molar-refractivity contribution >= 4 is 11.8 Å². The summed E-state index contributed by atoms with van der Waals surface area (Å²) in [6, 6.07) is 1.86. The zero-order valence-corrected chi connectivity index (χ0v) is 10.2. The highest BCUT2D eigenvalue weighted by molar-refractivity contribution is 5.41. The van der Waals surface area contributed by atoms with E-state index in [-0.39, 0.29) is 5.54 Å². The molecule has 5 nitrogen and oxygen atoms in total. The van der Waals surface area contributed by atoms with Gasteiger partial charge >= 0.3 is 0 Å². The van der Waals surface area contributed by atoms with Crippen molar-refractivity contribution in [1.29, 1.82) is 0 Å². The zero-order valence-electron chi connectivity index (χ0n) is 10.2. The number of nitrogens with zero attached hydrogens (tertiary/aromatic N) is 2. The van der Waals surface area contributed by atoms with Crippen LogP contribution < -0.4 is 16.6 Å². The van der Waals surface area contributed by atoms with Crippen LogP contribution in [0.2, 0.25) is 0 Å². The molecule has 0 aliphatic heterocycles. The normalized spacial score (nSPS) is 11.2. The van der Waals surface area contributed by atoms with E-state index in [1.165, 1.54) is 0 Å². The van der Waals surface area contributed by atoms with Gasteiger partial charge in [-0.25, -0.2) is 10.8 Å². The quantitative estimate of drug-likeness (QED) is 0.509. The Hall–Kier alpha value is -1.36. The second-order valence-corrected chi connectivity index (χ2v) is 3.88. The molecule has 0 aliphatic carbocycles. The van der Waals surface area contributed by atoms with E-state index >= 15 is 0 Å².